The number of carbonyl (C=O) groups is 2. The molecule has 2 heterocycles. The molecule has 212 valence electrons. The smallest absolute Gasteiger partial charge is 0.237 e. The minimum absolute atomic E-state index is 0.0298. The van der Waals surface area contributed by atoms with Crippen molar-refractivity contribution in [3.63, 3.8) is 0 Å². The van der Waals surface area contributed by atoms with Gasteiger partial charge in [-0.05, 0) is 54.7 Å². The first-order valence-corrected chi connectivity index (χ1v) is 14.7. The summed E-state index contributed by atoms with van der Waals surface area (Å²) >= 11 is 12.5. The second-order valence-electron chi connectivity index (χ2n) is 12.3. The minimum atomic E-state index is -0.106. The average Bonchev–Trinajstić information content (AvgIpc) is 2.87. The molecule has 2 aliphatic rings. The van der Waals surface area contributed by atoms with E-state index in [9.17, 15) is 9.59 Å². The monoisotopic (exact) mass is 572 g/mol. The Labute approximate surface area is 243 Å². The Bertz CT molecular complexity index is 1100. The molecule has 0 spiro atoms. The van der Waals surface area contributed by atoms with E-state index in [0.717, 1.165) is 13.1 Å². The zero-order valence-corrected chi connectivity index (χ0v) is 25.5. The third kappa shape index (κ3) is 6.97. The van der Waals surface area contributed by atoms with Gasteiger partial charge < -0.3 is 9.80 Å². The van der Waals surface area contributed by atoms with E-state index >= 15 is 0 Å². The lowest BCUT2D eigenvalue weighted by Gasteiger charge is -2.50. The number of carbonyl (C=O) groups excluding carboxylic acids is 2. The quantitative estimate of drug-likeness (QED) is 0.469. The second kappa shape index (κ2) is 12.2. The molecule has 2 aromatic rings. The number of hydrogen-bond acceptors (Lipinski definition) is 4. The average molecular weight is 574 g/mol. The van der Waals surface area contributed by atoms with Crippen LogP contribution in [-0.2, 0) is 9.59 Å². The molecule has 2 saturated heterocycles. The number of rotatable bonds is 5. The van der Waals surface area contributed by atoms with Gasteiger partial charge in [0, 0.05) is 67.8 Å². The van der Waals surface area contributed by atoms with Gasteiger partial charge in [-0.25, -0.2) is 0 Å². The fourth-order valence-electron chi connectivity index (χ4n) is 6.10. The molecule has 0 bridgehead atoms. The van der Waals surface area contributed by atoms with Crippen molar-refractivity contribution in [2.45, 2.75) is 65.7 Å². The van der Waals surface area contributed by atoms with Crippen LogP contribution >= 0.6 is 23.2 Å². The SMILES string of the molecule is CC(=O)N1C[C@H](C)N(CC(=O)N2CCN(C(c3ccc(Cl)cc3)c3ccc(Cl)cc3)C[C@@H]2C(C)(C)C)C[C@H]1C. The van der Waals surface area contributed by atoms with Crippen molar-refractivity contribution in [2.75, 3.05) is 39.3 Å². The molecule has 2 amide bonds. The van der Waals surface area contributed by atoms with E-state index in [1.165, 1.54) is 11.1 Å². The van der Waals surface area contributed by atoms with Crippen molar-refractivity contribution in [1.82, 2.24) is 19.6 Å². The Kier molecular flexibility index (Phi) is 9.32. The number of hydrogen-bond donors (Lipinski definition) is 0. The van der Waals surface area contributed by atoms with Crippen LogP contribution in [0.4, 0.5) is 0 Å². The Morgan fingerprint density at radius 3 is 1.85 bits per heavy atom. The molecule has 0 aromatic heterocycles. The van der Waals surface area contributed by atoms with Crippen LogP contribution in [0.1, 0.15) is 58.7 Å². The van der Waals surface area contributed by atoms with Gasteiger partial charge in [-0.15, -0.1) is 0 Å². The lowest BCUT2D eigenvalue weighted by molar-refractivity contribution is -0.144. The number of benzene rings is 2. The Morgan fingerprint density at radius 2 is 1.36 bits per heavy atom. The fourth-order valence-corrected chi connectivity index (χ4v) is 6.36. The van der Waals surface area contributed by atoms with E-state index in [1.54, 1.807) is 6.92 Å². The van der Waals surface area contributed by atoms with Crippen LogP contribution in [-0.4, -0.2) is 88.8 Å². The van der Waals surface area contributed by atoms with Crippen LogP contribution in [0.15, 0.2) is 48.5 Å². The van der Waals surface area contributed by atoms with Crippen molar-refractivity contribution < 1.29 is 9.59 Å². The summed E-state index contributed by atoms with van der Waals surface area (Å²) in [6.07, 6.45) is 0. The molecule has 0 N–H and O–H groups in total. The summed E-state index contributed by atoms with van der Waals surface area (Å²) in [6, 6.07) is 16.4. The lowest BCUT2D eigenvalue weighted by Crippen LogP contribution is -2.63. The van der Waals surface area contributed by atoms with Crippen molar-refractivity contribution in [3.8, 4) is 0 Å². The largest absolute Gasteiger partial charge is 0.337 e. The van der Waals surface area contributed by atoms with Crippen LogP contribution in [0.3, 0.4) is 0 Å². The zero-order valence-electron chi connectivity index (χ0n) is 24.0. The van der Waals surface area contributed by atoms with E-state index in [4.69, 9.17) is 23.2 Å². The second-order valence-corrected chi connectivity index (χ2v) is 13.1. The molecular weight excluding hydrogens is 531 g/mol. The normalized spacial score (nSPS) is 23.4. The third-order valence-corrected chi connectivity index (χ3v) is 8.83. The maximum Gasteiger partial charge on any atom is 0.237 e. The third-order valence-electron chi connectivity index (χ3n) is 8.33. The van der Waals surface area contributed by atoms with Crippen LogP contribution in [0.25, 0.3) is 0 Å². The molecule has 0 aliphatic carbocycles. The summed E-state index contributed by atoms with van der Waals surface area (Å²) in [6.45, 7) is 16.4. The first-order chi connectivity index (χ1) is 18.3. The summed E-state index contributed by atoms with van der Waals surface area (Å²) < 4.78 is 0. The Hall–Kier alpha value is -2.12. The molecule has 2 aliphatic heterocycles. The molecule has 0 saturated carbocycles. The summed E-state index contributed by atoms with van der Waals surface area (Å²) in [5, 5.41) is 1.42. The highest BCUT2D eigenvalue weighted by atomic mass is 35.5. The number of amides is 2. The fraction of sp³-hybridized carbons (Fsp3) is 0.548. The van der Waals surface area contributed by atoms with E-state index in [-0.39, 0.29) is 41.4 Å². The molecular formula is C31H42Cl2N4O2. The lowest BCUT2D eigenvalue weighted by atomic mass is 9.83. The minimum Gasteiger partial charge on any atom is -0.337 e. The number of halogens is 2. The standard InChI is InChI=1S/C31H42Cl2N4O2/c1-21-18-37(23(3)38)22(2)17-35(21)20-29(39)36-16-15-34(19-28(36)31(4,5)6)30(24-7-11-26(32)12-8-24)25-9-13-27(33)14-10-25/h7-14,21-22,28,30H,15-20H2,1-6H3/t21-,22+,28+/m0/s1. The molecule has 2 aromatic carbocycles. The topological polar surface area (TPSA) is 47.1 Å². The van der Waals surface area contributed by atoms with Crippen molar-refractivity contribution in [3.05, 3.63) is 69.7 Å². The molecule has 0 radical (unpaired) electrons. The van der Waals surface area contributed by atoms with Gasteiger partial charge >= 0.3 is 0 Å². The van der Waals surface area contributed by atoms with Gasteiger partial charge in [-0.3, -0.25) is 19.4 Å². The van der Waals surface area contributed by atoms with Gasteiger partial charge in [0.15, 0.2) is 0 Å². The van der Waals surface area contributed by atoms with Crippen molar-refractivity contribution in [1.29, 1.82) is 0 Å². The maximum absolute atomic E-state index is 13.8. The first-order valence-electron chi connectivity index (χ1n) is 13.9. The zero-order chi connectivity index (χ0) is 28.5. The molecule has 39 heavy (non-hydrogen) atoms. The van der Waals surface area contributed by atoms with Gasteiger partial charge in [-0.2, -0.15) is 0 Å². The van der Waals surface area contributed by atoms with Crippen LogP contribution in [0.5, 0.6) is 0 Å². The summed E-state index contributed by atoms with van der Waals surface area (Å²) in [7, 11) is 0. The molecule has 8 heteroatoms. The molecule has 3 atom stereocenters. The molecule has 0 unspecified atom stereocenters. The highest BCUT2D eigenvalue weighted by Crippen LogP contribution is 2.36. The van der Waals surface area contributed by atoms with E-state index < -0.39 is 0 Å². The Morgan fingerprint density at radius 1 is 0.821 bits per heavy atom. The van der Waals surface area contributed by atoms with Crippen molar-refractivity contribution >= 4 is 35.0 Å². The predicted octanol–water partition coefficient (Wildman–Crippen LogP) is 5.58. The van der Waals surface area contributed by atoms with Crippen LogP contribution < -0.4 is 0 Å². The van der Waals surface area contributed by atoms with E-state index in [1.807, 2.05) is 29.2 Å². The van der Waals surface area contributed by atoms with E-state index in [0.29, 0.717) is 36.2 Å². The van der Waals surface area contributed by atoms with Gasteiger partial charge in [0.25, 0.3) is 0 Å². The molecule has 4 rings (SSSR count). The van der Waals surface area contributed by atoms with Gasteiger partial charge in [0.2, 0.25) is 11.8 Å². The number of piperazine rings is 2. The highest BCUT2D eigenvalue weighted by molar-refractivity contribution is 6.30. The van der Waals surface area contributed by atoms with Crippen LogP contribution in [0.2, 0.25) is 10.0 Å². The molecule has 2 fully saturated rings. The summed E-state index contributed by atoms with van der Waals surface area (Å²) in [4.78, 5) is 34.6. The van der Waals surface area contributed by atoms with Crippen LogP contribution in [0, 0.1) is 5.41 Å². The van der Waals surface area contributed by atoms with Gasteiger partial charge in [-0.1, -0.05) is 68.2 Å². The van der Waals surface area contributed by atoms with Gasteiger partial charge in [0.05, 0.1) is 12.6 Å². The first kappa shape index (κ1) is 29.9. The van der Waals surface area contributed by atoms with Gasteiger partial charge in [0.1, 0.15) is 0 Å². The molecule has 6 nitrogen and oxygen atoms in total. The summed E-state index contributed by atoms with van der Waals surface area (Å²) in [5.41, 5.74) is 2.23. The predicted molar refractivity (Wildman–Crippen MR) is 159 cm³/mol. The number of nitrogens with zero attached hydrogens (tertiary/aromatic N) is 4. The highest BCUT2D eigenvalue weighted by Gasteiger charge is 2.41. The maximum atomic E-state index is 13.8. The summed E-state index contributed by atoms with van der Waals surface area (Å²) in [5.74, 6) is 0.264. The van der Waals surface area contributed by atoms with Crippen molar-refractivity contribution in [2.24, 2.45) is 5.41 Å². The Balaban J connectivity index is 1.55. The van der Waals surface area contributed by atoms with E-state index in [2.05, 4.69) is 73.6 Å².